The predicted molar refractivity (Wildman–Crippen MR) is 87.6 cm³/mol. The third-order valence-corrected chi connectivity index (χ3v) is 4.69. The van der Waals surface area contributed by atoms with Crippen LogP contribution in [0.4, 0.5) is 11.6 Å². The van der Waals surface area contributed by atoms with Crippen LogP contribution in [0, 0.1) is 6.92 Å². The monoisotopic (exact) mass is 303 g/mol. The highest BCUT2D eigenvalue weighted by atomic mass is 32.1. The van der Waals surface area contributed by atoms with E-state index in [2.05, 4.69) is 39.7 Å². The Morgan fingerprint density at radius 2 is 2.24 bits per heavy atom. The maximum Gasteiger partial charge on any atom is 0.148 e. The number of nitrogens with one attached hydrogen (secondary N) is 1. The van der Waals surface area contributed by atoms with E-state index in [0.717, 1.165) is 36.1 Å². The molecule has 0 aliphatic heterocycles. The number of aromatic nitrogens is 2. The summed E-state index contributed by atoms with van der Waals surface area (Å²) in [4.78, 5) is 13.0. The zero-order chi connectivity index (χ0) is 14.8. The molecule has 3 rings (SSSR count). The average Bonchev–Trinajstić information content (AvgIpc) is 3.22. The fourth-order valence-electron chi connectivity index (χ4n) is 2.42. The first kappa shape index (κ1) is 14.3. The summed E-state index contributed by atoms with van der Waals surface area (Å²) in [6.07, 6.45) is 2.37. The minimum absolute atomic E-state index is 0.511. The third-order valence-electron chi connectivity index (χ3n) is 3.82. The molecule has 1 aliphatic rings. The van der Waals surface area contributed by atoms with Crippen molar-refractivity contribution in [2.24, 2.45) is 5.84 Å². The van der Waals surface area contributed by atoms with E-state index in [1.54, 1.807) is 11.3 Å². The predicted octanol–water partition coefficient (Wildman–Crippen LogP) is 3.04. The molecule has 1 fully saturated rings. The van der Waals surface area contributed by atoms with Crippen molar-refractivity contribution in [2.45, 2.75) is 39.2 Å². The van der Waals surface area contributed by atoms with Gasteiger partial charge in [0.05, 0.1) is 6.54 Å². The summed E-state index contributed by atoms with van der Waals surface area (Å²) in [6.45, 7) is 5.96. The summed E-state index contributed by atoms with van der Waals surface area (Å²) < 4.78 is 0. The van der Waals surface area contributed by atoms with E-state index in [-0.39, 0.29) is 0 Å². The number of nitrogen functional groups attached to an aromatic ring is 1. The number of hydrogen-bond acceptors (Lipinski definition) is 6. The van der Waals surface area contributed by atoms with Crippen molar-refractivity contribution in [3.63, 3.8) is 0 Å². The van der Waals surface area contributed by atoms with Crippen molar-refractivity contribution in [1.82, 2.24) is 9.97 Å². The van der Waals surface area contributed by atoms with E-state index in [0.29, 0.717) is 5.92 Å². The van der Waals surface area contributed by atoms with Crippen LogP contribution in [0.15, 0.2) is 17.5 Å². The summed E-state index contributed by atoms with van der Waals surface area (Å²) in [5.74, 6) is 8.80. The number of hydrazine groups is 1. The van der Waals surface area contributed by atoms with Gasteiger partial charge in [0.15, 0.2) is 0 Å². The van der Waals surface area contributed by atoms with Crippen molar-refractivity contribution < 1.29 is 0 Å². The van der Waals surface area contributed by atoms with Gasteiger partial charge in [0.2, 0.25) is 0 Å². The lowest BCUT2D eigenvalue weighted by atomic mass is 10.2. The first-order chi connectivity index (χ1) is 10.2. The summed E-state index contributed by atoms with van der Waals surface area (Å²) in [7, 11) is 0. The van der Waals surface area contributed by atoms with Crippen molar-refractivity contribution >= 4 is 23.0 Å². The highest BCUT2D eigenvalue weighted by Crippen LogP contribution is 2.40. The molecule has 6 heteroatoms. The molecule has 0 aromatic carbocycles. The molecule has 0 spiro atoms. The van der Waals surface area contributed by atoms with Crippen LogP contribution in [-0.2, 0) is 6.54 Å². The van der Waals surface area contributed by atoms with Crippen molar-refractivity contribution in [2.75, 3.05) is 16.9 Å². The molecule has 1 saturated carbocycles. The van der Waals surface area contributed by atoms with Gasteiger partial charge in [-0.2, -0.15) is 0 Å². The zero-order valence-electron chi connectivity index (χ0n) is 12.5. The van der Waals surface area contributed by atoms with Gasteiger partial charge in [0.25, 0.3) is 0 Å². The Morgan fingerprint density at radius 1 is 1.43 bits per heavy atom. The normalized spacial score (nSPS) is 14.2. The minimum Gasteiger partial charge on any atom is -0.351 e. The Morgan fingerprint density at radius 3 is 2.81 bits per heavy atom. The van der Waals surface area contributed by atoms with E-state index >= 15 is 0 Å². The molecule has 0 unspecified atom stereocenters. The van der Waals surface area contributed by atoms with Crippen LogP contribution < -0.4 is 16.2 Å². The van der Waals surface area contributed by atoms with Crippen molar-refractivity contribution in [3.05, 3.63) is 33.8 Å². The summed E-state index contributed by atoms with van der Waals surface area (Å²) in [6, 6.07) is 4.25. The Balaban J connectivity index is 1.95. The van der Waals surface area contributed by atoms with Crippen LogP contribution in [0.3, 0.4) is 0 Å². The second kappa shape index (κ2) is 5.99. The van der Waals surface area contributed by atoms with E-state index < -0.39 is 0 Å². The van der Waals surface area contributed by atoms with Gasteiger partial charge in [-0.05, 0) is 38.1 Å². The van der Waals surface area contributed by atoms with E-state index in [9.17, 15) is 0 Å². The number of rotatable bonds is 6. The number of anilines is 2. The van der Waals surface area contributed by atoms with Crippen molar-refractivity contribution in [1.29, 1.82) is 0 Å². The molecule has 3 N–H and O–H groups in total. The van der Waals surface area contributed by atoms with Gasteiger partial charge in [0.1, 0.15) is 17.5 Å². The smallest absolute Gasteiger partial charge is 0.148 e. The molecular formula is C15H21N5S. The third kappa shape index (κ3) is 3.01. The Bertz CT molecular complexity index is 607. The maximum atomic E-state index is 5.63. The molecule has 112 valence electrons. The first-order valence-corrected chi connectivity index (χ1v) is 8.23. The van der Waals surface area contributed by atoms with Gasteiger partial charge in [-0.15, -0.1) is 11.3 Å². The molecule has 2 aromatic heterocycles. The number of nitrogens with two attached hydrogens (primary N) is 1. The standard InChI is InChI=1S/C15H21N5S/c1-3-20(9-12-5-4-8-21-12)15-10(2)13(19-16)17-14(18-15)11-6-7-11/h4-5,8,11H,3,6-7,9,16H2,1-2H3,(H,17,18,19). The first-order valence-electron chi connectivity index (χ1n) is 7.35. The van der Waals surface area contributed by atoms with Gasteiger partial charge >= 0.3 is 0 Å². The average molecular weight is 303 g/mol. The largest absolute Gasteiger partial charge is 0.351 e. The second-order valence-electron chi connectivity index (χ2n) is 5.39. The quantitative estimate of drug-likeness (QED) is 0.634. The lowest BCUT2D eigenvalue weighted by Gasteiger charge is -2.24. The molecule has 2 heterocycles. The molecular weight excluding hydrogens is 282 g/mol. The van der Waals surface area contributed by atoms with Crippen LogP contribution in [0.25, 0.3) is 0 Å². The number of thiophene rings is 1. The van der Waals surface area contributed by atoms with Gasteiger partial charge in [-0.1, -0.05) is 6.07 Å². The summed E-state index contributed by atoms with van der Waals surface area (Å²) >= 11 is 1.77. The molecule has 0 atom stereocenters. The van der Waals surface area contributed by atoms with Crippen LogP contribution >= 0.6 is 11.3 Å². The van der Waals surface area contributed by atoms with Gasteiger partial charge in [-0.25, -0.2) is 15.8 Å². The molecule has 0 bridgehead atoms. The molecule has 0 saturated heterocycles. The molecule has 0 radical (unpaired) electrons. The fraction of sp³-hybridized carbons (Fsp3) is 0.467. The van der Waals surface area contributed by atoms with Gasteiger partial charge in [0, 0.05) is 22.9 Å². The zero-order valence-corrected chi connectivity index (χ0v) is 13.3. The Hall–Kier alpha value is -1.66. The maximum absolute atomic E-state index is 5.63. The van der Waals surface area contributed by atoms with E-state index in [1.165, 1.54) is 17.7 Å². The van der Waals surface area contributed by atoms with Crippen LogP contribution in [-0.4, -0.2) is 16.5 Å². The minimum atomic E-state index is 0.511. The molecule has 0 amide bonds. The topological polar surface area (TPSA) is 67.1 Å². The van der Waals surface area contributed by atoms with Crippen molar-refractivity contribution in [3.8, 4) is 0 Å². The van der Waals surface area contributed by atoms with Gasteiger partial charge in [-0.3, -0.25) is 0 Å². The van der Waals surface area contributed by atoms with Crippen LogP contribution in [0.5, 0.6) is 0 Å². The number of hydrogen-bond donors (Lipinski definition) is 2. The number of nitrogens with zero attached hydrogens (tertiary/aromatic N) is 3. The lowest BCUT2D eigenvalue weighted by Crippen LogP contribution is -2.25. The second-order valence-corrected chi connectivity index (χ2v) is 6.42. The summed E-state index contributed by atoms with van der Waals surface area (Å²) in [5, 5.41) is 2.11. The molecule has 5 nitrogen and oxygen atoms in total. The van der Waals surface area contributed by atoms with Crippen LogP contribution in [0.2, 0.25) is 0 Å². The Kier molecular flexibility index (Phi) is 4.07. The molecule has 1 aliphatic carbocycles. The SMILES string of the molecule is CCN(Cc1cccs1)c1nc(C2CC2)nc(NN)c1C. The lowest BCUT2D eigenvalue weighted by molar-refractivity contribution is 0.795. The summed E-state index contributed by atoms with van der Waals surface area (Å²) in [5.41, 5.74) is 3.74. The van der Waals surface area contributed by atoms with E-state index in [1.807, 2.05) is 6.92 Å². The van der Waals surface area contributed by atoms with E-state index in [4.69, 9.17) is 10.8 Å². The highest BCUT2D eigenvalue weighted by Gasteiger charge is 2.29. The Labute approximate surface area is 129 Å². The highest BCUT2D eigenvalue weighted by molar-refractivity contribution is 7.09. The molecule has 21 heavy (non-hydrogen) atoms. The van der Waals surface area contributed by atoms with Gasteiger partial charge < -0.3 is 10.3 Å². The molecule has 2 aromatic rings. The van der Waals surface area contributed by atoms with Crippen LogP contribution in [0.1, 0.15) is 41.9 Å². The fourth-order valence-corrected chi connectivity index (χ4v) is 3.14.